The van der Waals surface area contributed by atoms with E-state index in [4.69, 9.17) is 0 Å². The molecule has 0 aliphatic rings. The van der Waals surface area contributed by atoms with Gasteiger partial charge in [0.2, 0.25) is 0 Å². The summed E-state index contributed by atoms with van der Waals surface area (Å²) in [6.07, 6.45) is 0. The molecule has 1 rings (SSSR count). The van der Waals surface area contributed by atoms with Gasteiger partial charge in [-0.05, 0) is 0 Å². The molecular formula is C9H7N5O14. The monoisotopic (exact) mass is 409 g/mol. The highest BCUT2D eigenvalue weighted by Gasteiger charge is 2.67. The molecule has 1 atom stereocenters. The van der Waals surface area contributed by atoms with Crippen LogP contribution in [-0.4, -0.2) is 47.7 Å². The fourth-order valence-corrected chi connectivity index (χ4v) is 2.01. The lowest BCUT2D eigenvalue weighted by atomic mass is 9.87. The van der Waals surface area contributed by atoms with Crippen LogP contribution in [0.1, 0.15) is 5.56 Å². The van der Waals surface area contributed by atoms with Gasteiger partial charge in [-0.25, -0.2) is 4.84 Å². The fraction of sp³-hybridized carbons (Fsp3) is 0.333. The van der Waals surface area contributed by atoms with E-state index in [1.807, 2.05) is 0 Å². The van der Waals surface area contributed by atoms with Crippen LogP contribution < -0.4 is 0 Å². The molecule has 19 nitrogen and oxygen atoms in total. The molecule has 0 heterocycles. The predicted octanol–water partition coefficient (Wildman–Crippen LogP) is -0.970. The summed E-state index contributed by atoms with van der Waals surface area (Å²) in [6, 6.07) is 0.723. The van der Waals surface area contributed by atoms with Crippen molar-refractivity contribution in [2.45, 2.75) is 11.5 Å². The molecule has 0 fully saturated rings. The van der Waals surface area contributed by atoms with Crippen molar-refractivity contribution in [3.05, 3.63) is 74.3 Å². The highest BCUT2D eigenvalue weighted by Crippen LogP contribution is 2.39. The van der Waals surface area contributed by atoms with Gasteiger partial charge < -0.3 is 15.1 Å². The van der Waals surface area contributed by atoms with Crippen LogP contribution in [0.15, 0.2) is 18.2 Å². The molecule has 0 radical (unpaired) electrons. The number of non-ortho nitro benzene ring substituents is 2. The maximum absolute atomic E-state index is 11.6. The molecule has 0 aliphatic carbocycles. The van der Waals surface area contributed by atoms with Gasteiger partial charge in [0.15, 0.2) is 6.61 Å². The highest BCUT2D eigenvalue weighted by atomic mass is 17.0. The van der Waals surface area contributed by atoms with Gasteiger partial charge in [0.1, 0.15) is 0 Å². The number of hydrogen-bond acceptors (Lipinski definition) is 14. The zero-order valence-electron chi connectivity index (χ0n) is 13.0. The van der Waals surface area contributed by atoms with Crippen molar-refractivity contribution >= 4 is 11.4 Å². The second-order valence-corrected chi connectivity index (χ2v) is 4.79. The van der Waals surface area contributed by atoms with Gasteiger partial charge in [-0.15, -0.1) is 20.2 Å². The summed E-state index contributed by atoms with van der Waals surface area (Å²) in [5, 5.41) is 70.3. The predicted molar refractivity (Wildman–Crippen MR) is 76.6 cm³/mol. The number of nitro groups is 3. The number of rotatable bonds is 10. The number of nitro benzene ring substituents is 2. The molecule has 2 N–H and O–H groups in total. The molecule has 28 heavy (non-hydrogen) atoms. The Balaban J connectivity index is 3.91. The first-order chi connectivity index (χ1) is 12.7. The molecule has 0 aliphatic heterocycles. The number of aliphatic hydroxyl groups is 2. The first kappa shape index (κ1) is 21.8. The molecule has 1 aromatic carbocycles. The largest absolute Gasteiger partial charge is 0.399 e. The summed E-state index contributed by atoms with van der Waals surface area (Å²) in [5.74, 6) is -4.51. The fourth-order valence-electron chi connectivity index (χ4n) is 2.01. The Morgan fingerprint density at radius 3 is 1.61 bits per heavy atom. The number of hydrogen-bond donors (Lipinski definition) is 2. The van der Waals surface area contributed by atoms with Crippen molar-refractivity contribution in [3.8, 4) is 0 Å². The molecule has 0 saturated heterocycles. The van der Waals surface area contributed by atoms with E-state index in [1.54, 1.807) is 0 Å². The summed E-state index contributed by atoms with van der Waals surface area (Å²) in [7, 11) is 0. The van der Waals surface area contributed by atoms with Gasteiger partial charge in [-0.3, -0.25) is 30.3 Å². The molecule has 0 aromatic heterocycles. The van der Waals surface area contributed by atoms with E-state index >= 15 is 0 Å². The van der Waals surface area contributed by atoms with Gasteiger partial charge >= 0.3 is 11.5 Å². The molecule has 152 valence electrons. The summed E-state index contributed by atoms with van der Waals surface area (Å²) in [4.78, 5) is 57.1. The average molecular weight is 409 g/mol. The molecule has 1 aromatic rings. The minimum atomic E-state index is -4.51. The van der Waals surface area contributed by atoms with E-state index in [1.165, 1.54) is 0 Å². The second kappa shape index (κ2) is 7.55. The van der Waals surface area contributed by atoms with Gasteiger partial charge in [0.25, 0.3) is 21.5 Å². The molecule has 0 saturated carbocycles. The van der Waals surface area contributed by atoms with Gasteiger partial charge in [-0.2, -0.15) is 0 Å². The third-order valence-electron chi connectivity index (χ3n) is 3.23. The maximum atomic E-state index is 11.6. The zero-order valence-corrected chi connectivity index (χ0v) is 13.0. The topological polar surface area (TPSA) is 275 Å². The smallest absolute Gasteiger partial charge is 0.339 e. The van der Waals surface area contributed by atoms with Crippen LogP contribution >= 0.6 is 0 Å². The third kappa shape index (κ3) is 4.10. The molecule has 0 amide bonds. The van der Waals surface area contributed by atoms with Crippen LogP contribution in [0.3, 0.4) is 0 Å². The van der Waals surface area contributed by atoms with Crippen molar-refractivity contribution in [2.75, 3.05) is 6.61 Å². The second-order valence-electron chi connectivity index (χ2n) is 4.79. The Bertz CT molecular complexity index is 821. The van der Waals surface area contributed by atoms with Crippen molar-refractivity contribution < 1.29 is 44.8 Å². The van der Waals surface area contributed by atoms with E-state index in [2.05, 4.69) is 9.68 Å². The lowest BCUT2D eigenvalue weighted by molar-refractivity contribution is -0.849. The normalized spacial score (nSPS) is 13.1. The lowest BCUT2D eigenvalue weighted by Crippen LogP contribution is -2.62. The summed E-state index contributed by atoms with van der Waals surface area (Å²) >= 11 is 0. The van der Waals surface area contributed by atoms with Crippen LogP contribution in [0.2, 0.25) is 0 Å². The van der Waals surface area contributed by atoms with Gasteiger partial charge in [0, 0.05) is 17.1 Å². The quantitative estimate of drug-likeness (QED) is 0.267. The number of nitrogens with zero attached hydrogens (tertiary/aromatic N) is 5. The van der Waals surface area contributed by atoms with Crippen LogP contribution in [0.5, 0.6) is 0 Å². The van der Waals surface area contributed by atoms with E-state index < -0.39 is 60.0 Å². The third-order valence-corrected chi connectivity index (χ3v) is 3.23. The van der Waals surface area contributed by atoms with Crippen LogP contribution in [-0.2, 0) is 15.2 Å². The van der Waals surface area contributed by atoms with Crippen molar-refractivity contribution in [3.63, 3.8) is 0 Å². The SMILES string of the molecule is O=[N+]([O-])OCC(c1cc([N+](=O)[O-])cc([N+](=O)[O-])c1)([N+](=O)[O-])C(O)(O)O[N+](=O)[O-]. The van der Waals surface area contributed by atoms with Crippen molar-refractivity contribution in [2.24, 2.45) is 0 Å². The van der Waals surface area contributed by atoms with E-state index in [0.717, 1.165) is 0 Å². The van der Waals surface area contributed by atoms with Crippen LogP contribution in [0, 0.1) is 50.6 Å². The summed E-state index contributed by atoms with van der Waals surface area (Å²) in [6.45, 7) is -1.99. The van der Waals surface area contributed by atoms with E-state index in [9.17, 15) is 60.8 Å². The zero-order chi connectivity index (χ0) is 21.9. The Kier molecular flexibility index (Phi) is 5.87. The van der Waals surface area contributed by atoms with Crippen LogP contribution in [0.4, 0.5) is 11.4 Å². The minimum absolute atomic E-state index is 0.198. The molecule has 0 spiro atoms. The number of benzene rings is 1. The van der Waals surface area contributed by atoms with E-state index in [0.29, 0.717) is 6.07 Å². The summed E-state index contributed by atoms with van der Waals surface area (Å²) < 4.78 is 0. The Hall–Kier alpha value is -4.26. The lowest BCUT2D eigenvalue weighted by Gasteiger charge is -2.32. The standard InChI is InChI=1S/C9H7N5O14/c15-9(16,28-14(25)26)8(12(21)22,4-27-13(23)24)5-1-6(10(17)18)3-7(2-5)11(19)20/h1-3,15-16H,4H2. The molecule has 19 heteroatoms. The summed E-state index contributed by atoms with van der Waals surface area (Å²) in [5.41, 5.74) is -7.61. The highest BCUT2D eigenvalue weighted by molar-refractivity contribution is 5.49. The van der Waals surface area contributed by atoms with Gasteiger partial charge in [0.05, 0.1) is 21.5 Å². The van der Waals surface area contributed by atoms with Crippen molar-refractivity contribution in [1.82, 2.24) is 0 Å². The van der Waals surface area contributed by atoms with Crippen molar-refractivity contribution in [1.29, 1.82) is 0 Å². The Morgan fingerprint density at radius 1 is 0.821 bits per heavy atom. The maximum Gasteiger partial charge on any atom is 0.399 e. The molecule has 1 unspecified atom stereocenters. The molecule has 0 bridgehead atoms. The van der Waals surface area contributed by atoms with Crippen LogP contribution in [0.25, 0.3) is 0 Å². The Labute approximate surface area is 150 Å². The van der Waals surface area contributed by atoms with E-state index in [-0.39, 0.29) is 12.1 Å². The average Bonchev–Trinajstić information content (AvgIpc) is 2.52. The molecular weight excluding hydrogens is 402 g/mol. The Morgan fingerprint density at radius 2 is 1.29 bits per heavy atom. The first-order valence-corrected chi connectivity index (χ1v) is 6.39. The van der Waals surface area contributed by atoms with Gasteiger partial charge in [-0.1, -0.05) is 0 Å². The minimum Gasteiger partial charge on any atom is -0.339 e. The first-order valence-electron chi connectivity index (χ1n) is 6.39.